The number of sulfonamides is 1. The second-order valence-electron chi connectivity index (χ2n) is 4.93. The predicted molar refractivity (Wildman–Crippen MR) is 87.8 cm³/mol. The summed E-state index contributed by atoms with van der Waals surface area (Å²) in [5.41, 5.74) is 2.36. The van der Waals surface area contributed by atoms with E-state index < -0.39 is 16.0 Å². The van der Waals surface area contributed by atoms with Crippen LogP contribution in [-0.2, 0) is 10.0 Å². The largest absolute Gasteiger partial charge is 0.478 e. The quantitative estimate of drug-likeness (QED) is 0.844. The van der Waals surface area contributed by atoms with Crippen molar-refractivity contribution >= 4 is 37.6 Å². The molecule has 0 saturated carbocycles. The van der Waals surface area contributed by atoms with Crippen molar-refractivity contribution in [3.63, 3.8) is 0 Å². The zero-order valence-corrected chi connectivity index (χ0v) is 14.3. The van der Waals surface area contributed by atoms with E-state index in [2.05, 4.69) is 20.7 Å². The van der Waals surface area contributed by atoms with E-state index in [0.717, 1.165) is 11.1 Å². The minimum atomic E-state index is -3.81. The van der Waals surface area contributed by atoms with E-state index in [-0.39, 0.29) is 14.9 Å². The molecule has 2 aromatic carbocycles. The highest BCUT2D eigenvalue weighted by Crippen LogP contribution is 2.26. The third kappa shape index (κ3) is 3.66. The van der Waals surface area contributed by atoms with Crippen LogP contribution in [0.1, 0.15) is 21.5 Å². The number of halogens is 1. The molecule has 2 aromatic rings. The van der Waals surface area contributed by atoms with Gasteiger partial charge >= 0.3 is 5.97 Å². The fourth-order valence-electron chi connectivity index (χ4n) is 2.10. The first kappa shape index (κ1) is 16.5. The summed E-state index contributed by atoms with van der Waals surface area (Å²) >= 11 is 3.11. The Bertz CT molecular complexity index is 826. The maximum atomic E-state index is 12.4. The Morgan fingerprint density at radius 2 is 1.68 bits per heavy atom. The molecule has 0 radical (unpaired) electrons. The van der Waals surface area contributed by atoms with E-state index >= 15 is 0 Å². The van der Waals surface area contributed by atoms with Crippen LogP contribution >= 0.6 is 15.9 Å². The van der Waals surface area contributed by atoms with E-state index in [1.54, 1.807) is 12.1 Å². The number of nitrogens with one attached hydrogen (secondary N) is 1. The number of rotatable bonds is 4. The summed E-state index contributed by atoms with van der Waals surface area (Å²) in [5, 5.41) is 8.91. The molecular formula is C15H14BrNO4S. The molecule has 116 valence electrons. The van der Waals surface area contributed by atoms with Gasteiger partial charge in [0.1, 0.15) is 4.90 Å². The van der Waals surface area contributed by atoms with E-state index in [1.165, 1.54) is 18.2 Å². The Morgan fingerprint density at radius 1 is 1.09 bits per heavy atom. The molecular weight excluding hydrogens is 370 g/mol. The van der Waals surface area contributed by atoms with E-state index in [0.29, 0.717) is 5.69 Å². The minimum Gasteiger partial charge on any atom is -0.478 e. The first-order valence-corrected chi connectivity index (χ1v) is 8.60. The number of hydrogen-bond donors (Lipinski definition) is 2. The molecule has 0 saturated heterocycles. The summed E-state index contributed by atoms with van der Waals surface area (Å²) in [5.74, 6) is -1.12. The number of anilines is 1. The first-order valence-electron chi connectivity index (χ1n) is 6.33. The highest BCUT2D eigenvalue weighted by atomic mass is 79.9. The van der Waals surface area contributed by atoms with Crippen LogP contribution < -0.4 is 4.72 Å². The van der Waals surface area contributed by atoms with Crippen LogP contribution in [0.5, 0.6) is 0 Å². The van der Waals surface area contributed by atoms with Gasteiger partial charge in [0.2, 0.25) is 0 Å². The Labute approximate surface area is 137 Å². The SMILES string of the molecule is Cc1cc(C)cc(NS(=O)(=O)c2ccc(C(=O)O)cc2Br)c1. The van der Waals surface area contributed by atoms with Gasteiger partial charge in [0.25, 0.3) is 10.0 Å². The number of carboxylic acid groups (broad SMARTS) is 1. The lowest BCUT2D eigenvalue weighted by atomic mass is 10.1. The first-order chi connectivity index (χ1) is 10.2. The summed E-state index contributed by atoms with van der Waals surface area (Å²) < 4.78 is 27.6. The van der Waals surface area contributed by atoms with Gasteiger partial charge in [-0.2, -0.15) is 0 Å². The van der Waals surface area contributed by atoms with Gasteiger partial charge in [-0.3, -0.25) is 4.72 Å². The lowest BCUT2D eigenvalue weighted by Gasteiger charge is -2.11. The number of benzene rings is 2. The molecule has 0 aliphatic carbocycles. The van der Waals surface area contributed by atoms with Crippen molar-refractivity contribution in [2.45, 2.75) is 18.7 Å². The second-order valence-corrected chi connectivity index (χ2v) is 7.44. The molecule has 0 amide bonds. The highest BCUT2D eigenvalue weighted by Gasteiger charge is 2.19. The summed E-state index contributed by atoms with van der Waals surface area (Å²) in [4.78, 5) is 10.9. The molecule has 0 bridgehead atoms. The molecule has 0 aliphatic heterocycles. The molecule has 22 heavy (non-hydrogen) atoms. The van der Waals surface area contributed by atoms with Crippen LogP contribution in [0.15, 0.2) is 45.8 Å². The Kier molecular flexibility index (Phi) is 4.58. The van der Waals surface area contributed by atoms with E-state index in [9.17, 15) is 13.2 Å². The highest BCUT2D eigenvalue weighted by molar-refractivity contribution is 9.10. The summed E-state index contributed by atoms with van der Waals surface area (Å²) in [6.45, 7) is 3.75. The van der Waals surface area contributed by atoms with Gasteiger partial charge < -0.3 is 5.11 Å². The maximum absolute atomic E-state index is 12.4. The third-order valence-corrected chi connectivity index (χ3v) is 5.30. The maximum Gasteiger partial charge on any atom is 0.335 e. The predicted octanol–water partition coefficient (Wildman–Crippen LogP) is 3.56. The van der Waals surface area contributed by atoms with Crippen molar-refractivity contribution in [3.05, 3.63) is 57.6 Å². The second kappa shape index (κ2) is 6.10. The molecule has 0 spiro atoms. The van der Waals surface area contributed by atoms with Gasteiger partial charge in [0, 0.05) is 10.2 Å². The molecule has 2 N–H and O–H groups in total. The monoisotopic (exact) mass is 383 g/mol. The van der Waals surface area contributed by atoms with Gasteiger partial charge in [-0.15, -0.1) is 0 Å². The summed E-state index contributed by atoms with van der Waals surface area (Å²) in [6.07, 6.45) is 0. The van der Waals surface area contributed by atoms with E-state index in [1.807, 2.05) is 19.9 Å². The van der Waals surface area contributed by atoms with Crippen LogP contribution in [0.2, 0.25) is 0 Å². The van der Waals surface area contributed by atoms with Gasteiger partial charge in [-0.25, -0.2) is 13.2 Å². The fraction of sp³-hybridized carbons (Fsp3) is 0.133. The lowest BCUT2D eigenvalue weighted by Crippen LogP contribution is -2.14. The van der Waals surface area contributed by atoms with Gasteiger partial charge in [0.15, 0.2) is 0 Å². The van der Waals surface area contributed by atoms with Crippen LogP contribution in [0.3, 0.4) is 0 Å². The minimum absolute atomic E-state index is 0.0113. The van der Waals surface area contributed by atoms with Crippen LogP contribution in [0.25, 0.3) is 0 Å². The standard InChI is InChI=1S/C15H14BrNO4S/c1-9-5-10(2)7-12(6-9)17-22(20,21)14-4-3-11(15(18)19)8-13(14)16/h3-8,17H,1-2H3,(H,18,19). The average molecular weight is 384 g/mol. The lowest BCUT2D eigenvalue weighted by molar-refractivity contribution is 0.0696. The van der Waals surface area contributed by atoms with Crippen molar-refractivity contribution in [3.8, 4) is 0 Å². The van der Waals surface area contributed by atoms with Crippen LogP contribution in [0.4, 0.5) is 5.69 Å². The molecule has 0 unspecified atom stereocenters. The summed E-state index contributed by atoms with van der Waals surface area (Å²) in [6, 6.07) is 9.17. The average Bonchev–Trinajstić information content (AvgIpc) is 2.36. The van der Waals surface area contributed by atoms with Gasteiger partial charge in [0.05, 0.1) is 5.56 Å². The van der Waals surface area contributed by atoms with Crippen LogP contribution in [0, 0.1) is 13.8 Å². The number of aryl methyl sites for hydroxylation is 2. The number of hydrogen-bond acceptors (Lipinski definition) is 3. The third-order valence-electron chi connectivity index (χ3n) is 2.94. The fourth-order valence-corrected chi connectivity index (χ4v) is 4.21. The zero-order chi connectivity index (χ0) is 16.5. The molecule has 5 nitrogen and oxygen atoms in total. The van der Waals surface area contributed by atoms with Crippen molar-refractivity contribution in [1.82, 2.24) is 0 Å². The number of carboxylic acids is 1. The smallest absolute Gasteiger partial charge is 0.335 e. The zero-order valence-electron chi connectivity index (χ0n) is 11.9. The molecule has 0 aliphatic rings. The topological polar surface area (TPSA) is 83.5 Å². The Morgan fingerprint density at radius 3 is 2.18 bits per heavy atom. The van der Waals surface area contributed by atoms with Crippen molar-refractivity contribution in [2.24, 2.45) is 0 Å². The Balaban J connectivity index is 2.40. The van der Waals surface area contributed by atoms with E-state index in [4.69, 9.17) is 5.11 Å². The molecule has 0 aromatic heterocycles. The number of aromatic carboxylic acids is 1. The van der Waals surface area contributed by atoms with Crippen molar-refractivity contribution < 1.29 is 18.3 Å². The normalized spacial score (nSPS) is 11.2. The molecule has 0 heterocycles. The molecule has 0 atom stereocenters. The molecule has 2 rings (SSSR count). The molecule has 0 fully saturated rings. The van der Waals surface area contributed by atoms with Crippen LogP contribution in [-0.4, -0.2) is 19.5 Å². The van der Waals surface area contributed by atoms with Gasteiger partial charge in [-0.05, 0) is 71.2 Å². The number of carbonyl (C=O) groups is 1. The Hall–Kier alpha value is -1.86. The van der Waals surface area contributed by atoms with Crippen molar-refractivity contribution in [1.29, 1.82) is 0 Å². The van der Waals surface area contributed by atoms with Gasteiger partial charge in [-0.1, -0.05) is 6.07 Å². The van der Waals surface area contributed by atoms with Crippen molar-refractivity contribution in [2.75, 3.05) is 4.72 Å². The summed E-state index contributed by atoms with van der Waals surface area (Å²) in [7, 11) is -3.81. The molecule has 7 heteroatoms.